The number of aromatic amines is 1. The van der Waals surface area contributed by atoms with E-state index in [4.69, 9.17) is 0 Å². The van der Waals surface area contributed by atoms with Crippen LogP contribution in [0.15, 0.2) is 29.3 Å². The molecule has 0 saturated heterocycles. The molecular weight excluding hydrogens is 274 g/mol. The average molecular weight is 289 g/mol. The third-order valence-electron chi connectivity index (χ3n) is 3.01. The lowest BCUT2D eigenvalue weighted by Gasteiger charge is -2.13. The maximum Gasteiger partial charge on any atom is 0.348 e. The topological polar surface area (TPSA) is 75.1 Å². The van der Waals surface area contributed by atoms with Crippen LogP contribution in [0.5, 0.6) is 0 Å². The zero-order valence-corrected chi connectivity index (χ0v) is 12.1. The van der Waals surface area contributed by atoms with E-state index in [1.54, 1.807) is 6.07 Å². The van der Waals surface area contributed by atoms with Crippen LogP contribution in [0.3, 0.4) is 0 Å². The van der Waals surface area contributed by atoms with Gasteiger partial charge in [-0.25, -0.2) is 19.3 Å². The van der Waals surface area contributed by atoms with Gasteiger partial charge in [-0.1, -0.05) is 0 Å². The first-order chi connectivity index (χ1) is 9.61. The molecule has 7 heteroatoms. The van der Waals surface area contributed by atoms with E-state index in [1.165, 1.54) is 20.5 Å². The molecule has 0 aromatic carbocycles. The Morgan fingerprint density at radius 2 is 2.35 bits per heavy atom. The fraction of sp³-hybridized carbons (Fsp3) is 0.308. The van der Waals surface area contributed by atoms with Gasteiger partial charge in [-0.2, -0.15) is 5.10 Å². The number of aryl methyl sites for hydroxylation is 1. The Balaban J connectivity index is 1.73. The highest BCUT2D eigenvalue weighted by Crippen LogP contribution is 2.18. The molecule has 3 heterocycles. The van der Waals surface area contributed by atoms with Crippen molar-refractivity contribution in [1.82, 2.24) is 19.6 Å². The highest BCUT2D eigenvalue weighted by molar-refractivity contribution is 7.11. The lowest BCUT2D eigenvalue weighted by molar-refractivity contribution is 0.792. The predicted octanol–water partition coefficient (Wildman–Crippen LogP) is 1.83. The number of hydrogen-bond donors (Lipinski definition) is 2. The molecule has 3 rings (SSSR count). The van der Waals surface area contributed by atoms with Crippen molar-refractivity contribution in [3.8, 4) is 0 Å². The van der Waals surface area contributed by atoms with Gasteiger partial charge in [0.1, 0.15) is 12.1 Å². The first-order valence-electron chi connectivity index (χ1n) is 6.36. The molecule has 1 unspecified atom stereocenters. The van der Waals surface area contributed by atoms with Crippen molar-refractivity contribution in [3.05, 3.63) is 44.8 Å². The SMILES string of the molecule is Cc1ccc(CC(C)Nc2cc3n[nH]c(=O)n3cn2)s1. The van der Waals surface area contributed by atoms with Crippen molar-refractivity contribution in [3.63, 3.8) is 0 Å². The van der Waals surface area contributed by atoms with Gasteiger partial charge in [0.15, 0.2) is 5.65 Å². The Bertz CT molecular complexity index is 787. The van der Waals surface area contributed by atoms with E-state index in [-0.39, 0.29) is 11.7 Å². The normalized spacial score (nSPS) is 12.7. The summed E-state index contributed by atoms with van der Waals surface area (Å²) >= 11 is 1.81. The van der Waals surface area contributed by atoms with Gasteiger partial charge in [-0.3, -0.25) is 0 Å². The summed E-state index contributed by atoms with van der Waals surface area (Å²) in [6.45, 7) is 4.22. The Morgan fingerprint density at radius 3 is 3.10 bits per heavy atom. The molecule has 0 saturated carbocycles. The Morgan fingerprint density at radius 1 is 1.50 bits per heavy atom. The third kappa shape index (κ3) is 2.57. The Kier molecular flexibility index (Phi) is 3.27. The number of hydrogen-bond acceptors (Lipinski definition) is 5. The first kappa shape index (κ1) is 12.9. The molecule has 0 spiro atoms. The van der Waals surface area contributed by atoms with E-state index >= 15 is 0 Å². The summed E-state index contributed by atoms with van der Waals surface area (Å²) in [5.74, 6) is 0.720. The van der Waals surface area contributed by atoms with Crippen LogP contribution in [0.4, 0.5) is 5.82 Å². The summed E-state index contributed by atoms with van der Waals surface area (Å²) in [5, 5.41) is 9.64. The Labute approximate surface area is 119 Å². The molecule has 0 radical (unpaired) electrons. The minimum atomic E-state index is -0.277. The van der Waals surface area contributed by atoms with Crippen LogP contribution in [0, 0.1) is 6.92 Å². The summed E-state index contributed by atoms with van der Waals surface area (Å²) in [4.78, 5) is 18.2. The minimum absolute atomic E-state index is 0.258. The second-order valence-electron chi connectivity index (χ2n) is 4.79. The lowest BCUT2D eigenvalue weighted by Crippen LogP contribution is -2.19. The van der Waals surface area contributed by atoms with Crippen LogP contribution in [0.2, 0.25) is 0 Å². The van der Waals surface area contributed by atoms with Gasteiger partial charge in [0.2, 0.25) is 0 Å². The molecule has 2 N–H and O–H groups in total. The molecular formula is C13H15N5OS. The van der Waals surface area contributed by atoms with E-state index in [0.29, 0.717) is 5.65 Å². The fourth-order valence-corrected chi connectivity index (χ4v) is 3.11. The largest absolute Gasteiger partial charge is 0.367 e. The van der Waals surface area contributed by atoms with Gasteiger partial charge in [0.25, 0.3) is 0 Å². The standard InChI is InChI=1S/C13H15N5OS/c1-8(5-10-4-3-9(2)20-10)15-11-6-12-16-17-13(19)18(12)7-14-11/h3-4,6-8,15H,5H2,1-2H3,(H,17,19). The van der Waals surface area contributed by atoms with Crippen LogP contribution < -0.4 is 11.0 Å². The fourth-order valence-electron chi connectivity index (χ4n) is 2.09. The van der Waals surface area contributed by atoms with E-state index in [2.05, 4.69) is 46.5 Å². The zero-order valence-electron chi connectivity index (χ0n) is 11.3. The quantitative estimate of drug-likeness (QED) is 0.768. The van der Waals surface area contributed by atoms with Crippen molar-refractivity contribution < 1.29 is 0 Å². The molecule has 0 fully saturated rings. The van der Waals surface area contributed by atoms with E-state index in [9.17, 15) is 4.79 Å². The van der Waals surface area contributed by atoms with Crippen molar-refractivity contribution in [1.29, 1.82) is 0 Å². The molecule has 20 heavy (non-hydrogen) atoms. The number of nitrogens with zero attached hydrogens (tertiary/aromatic N) is 3. The minimum Gasteiger partial charge on any atom is -0.367 e. The van der Waals surface area contributed by atoms with Crippen molar-refractivity contribution >= 4 is 22.8 Å². The van der Waals surface area contributed by atoms with Crippen molar-refractivity contribution in [2.75, 3.05) is 5.32 Å². The van der Waals surface area contributed by atoms with Gasteiger partial charge >= 0.3 is 5.69 Å². The number of H-pyrrole nitrogens is 1. The van der Waals surface area contributed by atoms with Crippen molar-refractivity contribution in [2.45, 2.75) is 26.3 Å². The molecule has 6 nitrogen and oxygen atoms in total. The van der Waals surface area contributed by atoms with Gasteiger partial charge in [-0.05, 0) is 26.0 Å². The van der Waals surface area contributed by atoms with Crippen LogP contribution in [-0.4, -0.2) is 25.6 Å². The average Bonchev–Trinajstić information content (AvgIpc) is 2.96. The number of fused-ring (bicyclic) bond motifs is 1. The number of thiophene rings is 1. The van der Waals surface area contributed by atoms with Gasteiger partial charge in [0, 0.05) is 28.3 Å². The van der Waals surface area contributed by atoms with Crippen LogP contribution in [0.1, 0.15) is 16.7 Å². The van der Waals surface area contributed by atoms with E-state index < -0.39 is 0 Å². The molecule has 3 aromatic rings. The maximum atomic E-state index is 11.3. The highest BCUT2D eigenvalue weighted by atomic mass is 32.1. The van der Waals surface area contributed by atoms with Gasteiger partial charge in [-0.15, -0.1) is 11.3 Å². The summed E-state index contributed by atoms with van der Waals surface area (Å²) in [6, 6.07) is 6.30. The third-order valence-corrected chi connectivity index (χ3v) is 4.03. The second kappa shape index (κ2) is 5.09. The maximum absolute atomic E-state index is 11.3. The van der Waals surface area contributed by atoms with Crippen LogP contribution >= 0.6 is 11.3 Å². The molecule has 1 atom stereocenters. The van der Waals surface area contributed by atoms with Crippen LogP contribution in [0.25, 0.3) is 5.65 Å². The molecule has 3 aromatic heterocycles. The summed E-state index contributed by atoms with van der Waals surface area (Å²) in [6.07, 6.45) is 2.42. The molecule has 0 aliphatic carbocycles. The smallest absolute Gasteiger partial charge is 0.348 e. The molecule has 0 aliphatic rings. The predicted molar refractivity (Wildman–Crippen MR) is 79.5 cm³/mol. The second-order valence-corrected chi connectivity index (χ2v) is 6.17. The number of aromatic nitrogens is 4. The zero-order chi connectivity index (χ0) is 14.1. The summed E-state index contributed by atoms with van der Waals surface area (Å²) in [5.41, 5.74) is 0.285. The number of anilines is 1. The van der Waals surface area contributed by atoms with E-state index in [0.717, 1.165) is 12.2 Å². The molecule has 0 bridgehead atoms. The van der Waals surface area contributed by atoms with Gasteiger partial charge in [0.05, 0.1) is 0 Å². The van der Waals surface area contributed by atoms with Crippen molar-refractivity contribution in [2.24, 2.45) is 0 Å². The summed E-state index contributed by atoms with van der Waals surface area (Å²) < 4.78 is 1.37. The molecule has 0 aliphatic heterocycles. The number of rotatable bonds is 4. The lowest BCUT2D eigenvalue weighted by atomic mass is 10.2. The first-order valence-corrected chi connectivity index (χ1v) is 7.18. The summed E-state index contributed by atoms with van der Waals surface area (Å²) in [7, 11) is 0. The Hall–Kier alpha value is -2.15. The molecule has 0 amide bonds. The van der Waals surface area contributed by atoms with E-state index in [1.807, 2.05) is 11.3 Å². The monoisotopic (exact) mass is 289 g/mol. The van der Waals surface area contributed by atoms with Crippen LogP contribution in [-0.2, 0) is 6.42 Å². The highest BCUT2D eigenvalue weighted by Gasteiger charge is 2.08. The molecule has 104 valence electrons. The van der Waals surface area contributed by atoms with Gasteiger partial charge < -0.3 is 5.32 Å². The number of nitrogens with one attached hydrogen (secondary N) is 2.